The Morgan fingerprint density at radius 1 is 1.47 bits per heavy atom. The molecule has 1 aliphatic rings. The minimum absolute atomic E-state index is 0.495. The summed E-state index contributed by atoms with van der Waals surface area (Å²) in [5.74, 6) is 1.45. The number of anilines is 1. The Morgan fingerprint density at radius 3 is 2.73 bits per heavy atom. The first-order valence-electron chi connectivity index (χ1n) is 5.06. The van der Waals surface area contributed by atoms with Crippen molar-refractivity contribution in [3.63, 3.8) is 0 Å². The van der Waals surface area contributed by atoms with Crippen LogP contribution in [0.15, 0.2) is 24.0 Å². The number of rotatable bonds is 2. The van der Waals surface area contributed by atoms with E-state index in [0.29, 0.717) is 11.1 Å². The molecule has 3 nitrogen and oxygen atoms in total. The van der Waals surface area contributed by atoms with Crippen molar-refractivity contribution in [2.24, 2.45) is 5.92 Å². The lowest BCUT2D eigenvalue weighted by molar-refractivity contribution is 0.465. The minimum Gasteiger partial charge on any atom is -0.353 e. The Hall–Kier alpha value is -1.09. The first-order valence-corrected chi connectivity index (χ1v) is 5.44. The largest absolute Gasteiger partial charge is 0.353 e. The van der Waals surface area contributed by atoms with Gasteiger partial charge in [0, 0.05) is 31.4 Å². The average Bonchev–Trinajstić information content (AvgIpc) is 2.18. The maximum atomic E-state index is 5.96. The standard InChI is InChI=1S/C11H14ClN3/c1-3-8(2)9-6-15(7-9)11-10(12)13-4-5-14-11/h3-5,9H,6-7H2,1-2H3. The van der Waals surface area contributed by atoms with E-state index < -0.39 is 0 Å². The van der Waals surface area contributed by atoms with Gasteiger partial charge >= 0.3 is 0 Å². The molecule has 0 bridgehead atoms. The number of hydrogen-bond acceptors (Lipinski definition) is 3. The molecule has 80 valence electrons. The lowest BCUT2D eigenvalue weighted by Gasteiger charge is -2.40. The Morgan fingerprint density at radius 2 is 2.13 bits per heavy atom. The molecule has 1 fully saturated rings. The van der Waals surface area contributed by atoms with E-state index in [9.17, 15) is 0 Å². The topological polar surface area (TPSA) is 29.0 Å². The van der Waals surface area contributed by atoms with Crippen molar-refractivity contribution in [1.82, 2.24) is 9.97 Å². The van der Waals surface area contributed by atoms with Gasteiger partial charge in [0.05, 0.1) is 0 Å². The zero-order valence-electron chi connectivity index (χ0n) is 8.94. The molecule has 0 unspecified atom stereocenters. The average molecular weight is 224 g/mol. The third-order valence-corrected chi connectivity index (χ3v) is 3.18. The number of hydrogen-bond donors (Lipinski definition) is 0. The Labute approximate surface area is 94.8 Å². The van der Waals surface area contributed by atoms with Gasteiger partial charge in [-0.05, 0) is 13.8 Å². The molecule has 0 spiro atoms. The Bertz CT molecular complexity index is 383. The van der Waals surface area contributed by atoms with Crippen LogP contribution in [0.25, 0.3) is 0 Å². The summed E-state index contributed by atoms with van der Waals surface area (Å²) in [6.45, 7) is 6.23. The molecule has 0 saturated carbocycles. The molecular weight excluding hydrogens is 210 g/mol. The van der Waals surface area contributed by atoms with Crippen LogP contribution < -0.4 is 4.90 Å². The summed E-state index contributed by atoms with van der Waals surface area (Å²) in [7, 11) is 0. The van der Waals surface area contributed by atoms with Crippen LogP contribution in [-0.2, 0) is 0 Å². The summed E-state index contributed by atoms with van der Waals surface area (Å²) in [4.78, 5) is 10.4. The maximum absolute atomic E-state index is 5.96. The zero-order valence-corrected chi connectivity index (χ0v) is 9.70. The second-order valence-corrected chi connectivity index (χ2v) is 4.16. The van der Waals surface area contributed by atoms with Crippen molar-refractivity contribution < 1.29 is 0 Å². The lowest BCUT2D eigenvalue weighted by atomic mass is 9.92. The zero-order chi connectivity index (χ0) is 10.8. The first kappa shape index (κ1) is 10.4. The van der Waals surface area contributed by atoms with Gasteiger partial charge in [-0.2, -0.15) is 0 Å². The molecule has 0 amide bonds. The monoisotopic (exact) mass is 223 g/mol. The molecule has 0 aromatic carbocycles. The predicted molar refractivity (Wildman–Crippen MR) is 62.2 cm³/mol. The number of nitrogens with zero attached hydrogens (tertiary/aromatic N) is 3. The molecule has 15 heavy (non-hydrogen) atoms. The molecule has 4 heteroatoms. The SMILES string of the molecule is CC=C(C)C1CN(c2nccnc2Cl)C1. The molecule has 0 radical (unpaired) electrons. The van der Waals surface area contributed by atoms with Crippen LogP contribution in [0.1, 0.15) is 13.8 Å². The third kappa shape index (κ3) is 1.97. The number of allylic oxidation sites excluding steroid dienone is 1. The lowest BCUT2D eigenvalue weighted by Crippen LogP contribution is -2.47. The van der Waals surface area contributed by atoms with Crippen LogP contribution >= 0.6 is 11.6 Å². The van der Waals surface area contributed by atoms with E-state index in [2.05, 4.69) is 34.8 Å². The van der Waals surface area contributed by atoms with Gasteiger partial charge < -0.3 is 4.90 Å². The number of halogens is 1. The molecule has 2 rings (SSSR count). The molecule has 1 aromatic heterocycles. The van der Waals surface area contributed by atoms with Gasteiger partial charge in [-0.15, -0.1) is 0 Å². The first-order chi connectivity index (χ1) is 7.22. The second-order valence-electron chi connectivity index (χ2n) is 3.81. The van der Waals surface area contributed by atoms with E-state index in [4.69, 9.17) is 11.6 Å². The van der Waals surface area contributed by atoms with Crippen LogP contribution in [0.3, 0.4) is 0 Å². The van der Waals surface area contributed by atoms with Crippen molar-refractivity contribution in [2.75, 3.05) is 18.0 Å². The highest BCUT2D eigenvalue weighted by molar-refractivity contribution is 6.31. The summed E-state index contributed by atoms with van der Waals surface area (Å²) in [6, 6.07) is 0. The highest BCUT2D eigenvalue weighted by Crippen LogP contribution is 2.30. The Kier molecular flexibility index (Phi) is 2.91. The van der Waals surface area contributed by atoms with Gasteiger partial charge in [-0.25, -0.2) is 9.97 Å². The summed E-state index contributed by atoms with van der Waals surface area (Å²) in [6.07, 6.45) is 5.46. The molecule has 1 aliphatic heterocycles. The van der Waals surface area contributed by atoms with Gasteiger partial charge in [0.15, 0.2) is 11.0 Å². The summed E-state index contributed by atoms with van der Waals surface area (Å²) in [5.41, 5.74) is 1.44. The molecule has 1 saturated heterocycles. The fourth-order valence-corrected chi connectivity index (χ4v) is 1.93. The molecule has 0 aliphatic carbocycles. The van der Waals surface area contributed by atoms with Gasteiger partial charge in [0.25, 0.3) is 0 Å². The van der Waals surface area contributed by atoms with E-state index in [1.807, 2.05) is 0 Å². The van der Waals surface area contributed by atoms with Gasteiger partial charge in [0.1, 0.15) is 0 Å². The second kappa shape index (κ2) is 4.19. The van der Waals surface area contributed by atoms with Crippen molar-refractivity contribution in [1.29, 1.82) is 0 Å². The van der Waals surface area contributed by atoms with Crippen LogP contribution in [0.2, 0.25) is 5.15 Å². The fourth-order valence-electron chi connectivity index (χ4n) is 1.70. The van der Waals surface area contributed by atoms with Crippen molar-refractivity contribution in [3.8, 4) is 0 Å². The van der Waals surface area contributed by atoms with Gasteiger partial charge in [0.2, 0.25) is 0 Å². The van der Waals surface area contributed by atoms with Gasteiger partial charge in [-0.1, -0.05) is 23.3 Å². The molecule has 1 aromatic rings. The summed E-state index contributed by atoms with van der Waals surface area (Å²) < 4.78 is 0. The van der Waals surface area contributed by atoms with E-state index in [0.717, 1.165) is 18.9 Å². The van der Waals surface area contributed by atoms with Crippen LogP contribution in [-0.4, -0.2) is 23.1 Å². The van der Waals surface area contributed by atoms with Crippen molar-refractivity contribution in [2.45, 2.75) is 13.8 Å². The fraction of sp³-hybridized carbons (Fsp3) is 0.455. The van der Waals surface area contributed by atoms with E-state index in [1.54, 1.807) is 12.4 Å². The van der Waals surface area contributed by atoms with Crippen LogP contribution in [0, 0.1) is 5.92 Å². The number of aromatic nitrogens is 2. The summed E-state index contributed by atoms with van der Waals surface area (Å²) in [5, 5.41) is 0.495. The quantitative estimate of drug-likeness (QED) is 0.722. The molecule has 0 N–H and O–H groups in total. The van der Waals surface area contributed by atoms with E-state index in [-0.39, 0.29) is 0 Å². The van der Waals surface area contributed by atoms with Crippen LogP contribution in [0.4, 0.5) is 5.82 Å². The van der Waals surface area contributed by atoms with Crippen LogP contribution in [0.5, 0.6) is 0 Å². The highest BCUT2D eigenvalue weighted by Gasteiger charge is 2.29. The minimum atomic E-state index is 0.495. The molecule has 0 atom stereocenters. The molecular formula is C11H14ClN3. The third-order valence-electron chi connectivity index (χ3n) is 2.92. The normalized spacial score (nSPS) is 17.8. The predicted octanol–water partition coefficient (Wildman–Crippen LogP) is 2.53. The van der Waals surface area contributed by atoms with Crippen molar-refractivity contribution in [3.05, 3.63) is 29.2 Å². The smallest absolute Gasteiger partial charge is 0.171 e. The van der Waals surface area contributed by atoms with Crippen molar-refractivity contribution >= 4 is 17.4 Å². The summed E-state index contributed by atoms with van der Waals surface area (Å²) >= 11 is 5.96. The van der Waals surface area contributed by atoms with Gasteiger partial charge in [-0.3, -0.25) is 0 Å². The Balaban J connectivity index is 2.04. The van der Waals surface area contributed by atoms with E-state index in [1.165, 1.54) is 5.57 Å². The molecule has 2 heterocycles. The maximum Gasteiger partial charge on any atom is 0.171 e. The van der Waals surface area contributed by atoms with E-state index >= 15 is 0 Å². The highest BCUT2D eigenvalue weighted by atomic mass is 35.5.